The summed E-state index contributed by atoms with van der Waals surface area (Å²) in [7, 11) is 0. The lowest BCUT2D eigenvalue weighted by Crippen LogP contribution is -2.22. The van der Waals surface area contributed by atoms with Gasteiger partial charge in [-0.3, -0.25) is 19.8 Å². The molecule has 4 aromatic rings. The van der Waals surface area contributed by atoms with Crippen molar-refractivity contribution in [3.8, 4) is 10.6 Å². The van der Waals surface area contributed by atoms with Crippen molar-refractivity contribution in [1.29, 1.82) is 0 Å². The van der Waals surface area contributed by atoms with E-state index in [1.165, 1.54) is 0 Å². The number of rotatable bonds is 5. The number of hydrogen-bond donors (Lipinski definition) is 3. The Hall–Kier alpha value is -3.55. The average molecular weight is 403 g/mol. The number of hydrogen-bond acceptors (Lipinski definition) is 5. The van der Waals surface area contributed by atoms with E-state index in [4.69, 9.17) is 5.21 Å². The lowest BCUT2D eigenvalue weighted by Gasteiger charge is -2.06. The van der Waals surface area contributed by atoms with E-state index in [1.807, 2.05) is 30.3 Å². The van der Waals surface area contributed by atoms with E-state index in [1.54, 1.807) is 59.4 Å². The minimum Gasteiger partial charge on any atom is -0.347 e. The monoisotopic (exact) mass is 403 g/mol. The minimum absolute atomic E-state index is 0.170. The molecule has 0 aliphatic heterocycles. The fourth-order valence-corrected chi connectivity index (χ4v) is 3.91. The number of benzene rings is 2. The number of carbonyl (C=O) groups excluding carboxylic acids is 2. The molecule has 0 atom stereocenters. The SMILES string of the molecule is O=C(NO)c1ccc2cc(C(=O)NCc3ccc(-c4ccccn4)s3)ccc2c1. The Morgan fingerprint density at radius 2 is 1.62 bits per heavy atom. The van der Waals surface area contributed by atoms with Crippen LogP contribution in [-0.4, -0.2) is 22.0 Å². The third kappa shape index (κ3) is 4.16. The van der Waals surface area contributed by atoms with Gasteiger partial charge >= 0.3 is 0 Å². The van der Waals surface area contributed by atoms with Gasteiger partial charge in [-0.2, -0.15) is 0 Å². The molecule has 29 heavy (non-hydrogen) atoms. The summed E-state index contributed by atoms with van der Waals surface area (Å²) in [5.74, 6) is -0.744. The highest BCUT2D eigenvalue weighted by atomic mass is 32.1. The van der Waals surface area contributed by atoms with Crippen molar-refractivity contribution >= 4 is 33.9 Å². The number of amides is 2. The number of nitrogens with one attached hydrogen (secondary N) is 2. The molecule has 4 rings (SSSR count). The molecule has 7 heteroatoms. The molecule has 2 heterocycles. The molecule has 0 fully saturated rings. The molecule has 0 aliphatic carbocycles. The van der Waals surface area contributed by atoms with Crippen LogP contribution in [0.15, 0.2) is 72.9 Å². The molecule has 6 nitrogen and oxygen atoms in total. The summed E-state index contributed by atoms with van der Waals surface area (Å²) < 4.78 is 0. The van der Waals surface area contributed by atoms with Crippen LogP contribution >= 0.6 is 11.3 Å². The number of nitrogens with zero attached hydrogens (tertiary/aromatic N) is 1. The number of carbonyl (C=O) groups is 2. The van der Waals surface area contributed by atoms with E-state index >= 15 is 0 Å². The van der Waals surface area contributed by atoms with Gasteiger partial charge < -0.3 is 5.32 Å². The summed E-state index contributed by atoms with van der Waals surface area (Å²) in [5.41, 5.74) is 3.42. The van der Waals surface area contributed by atoms with Crippen molar-refractivity contribution in [2.75, 3.05) is 0 Å². The highest BCUT2D eigenvalue weighted by molar-refractivity contribution is 7.15. The zero-order chi connectivity index (χ0) is 20.2. The average Bonchev–Trinajstić information content (AvgIpc) is 3.26. The van der Waals surface area contributed by atoms with Crippen molar-refractivity contribution in [3.05, 3.63) is 88.9 Å². The van der Waals surface area contributed by atoms with Crippen LogP contribution in [0.4, 0.5) is 0 Å². The smallest absolute Gasteiger partial charge is 0.274 e. The van der Waals surface area contributed by atoms with Gasteiger partial charge in [0.05, 0.1) is 17.1 Å². The molecule has 144 valence electrons. The zero-order valence-corrected chi connectivity index (χ0v) is 16.1. The third-order valence-electron chi connectivity index (χ3n) is 4.47. The molecule has 2 amide bonds. The summed E-state index contributed by atoms with van der Waals surface area (Å²) in [5, 5.41) is 13.3. The predicted octanol–water partition coefficient (Wildman–Crippen LogP) is 4.01. The van der Waals surface area contributed by atoms with Crippen LogP contribution in [-0.2, 0) is 6.54 Å². The molecular formula is C22H17N3O3S. The fraction of sp³-hybridized carbons (Fsp3) is 0.0455. The van der Waals surface area contributed by atoms with Crippen molar-refractivity contribution in [3.63, 3.8) is 0 Å². The molecule has 0 spiro atoms. The Balaban J connectivity index is 1.45. The van der Waals surface area contributed by atoms with Crippen LogP contribution in [0.1, 0.15) is 25.6 Å². The molecule has 2 aromatic carbocycles. The quantitative estimate of drug-likeness (QED) is 0.347. The van der Waals surface area contributed by atoms with Crippen molar-refractivity contribution < 1.29 is 14.8 Å². The van der Waals surface area contributed by atoms with Crippen molar-refractivity contribution in [2.45, 2.75) is 6.54 Å². The standard InChI is InChI=1S/C22H17N3O3S/c26-21(24-13-18-8-9-20(29-18)19-3-1-2-10-23-19)16-6-4-15-12-17(22(27)25-28)7-5-14(15)11-16/h1-12,28H,13H2,(H,24,26)(H,25,27). The second kappa shape index (κ2) is 8.22. The Morgan fingerprint density at radius 1 is 0.897 bits per heavy atom. The summed E-state index contributed by atoms with van der Waals surface area (Å²) in [6.07, 6.45) is 1.76. The topological polar surface area (TPSA) is 91.3 Å². The fourth-order valence-electron chi connectivity index (χ4n) is 2.98. The molecule has 0 radical (unpaired) electrons. The number of aromatic nitrogens is 1. The molecule has 0 aliphatic rings. The highest BCUT2D eigenvalue weighted by Gasteiger charge is 2.10. The second-order valence-corrected chi connectivity index (χ2v) is 7.55. The van der Waals surface area contributed by atoms with Crippen molar-refractivity contribution in [1.82, 2.24) is 15.8 Å². The minimum atomic E-state index is -0.574. The summed E-state index contributed by atoms with van der Waals surface area (Å²) in [4.78, 5) is 30.5. The first-order valence-electron chi connectivity index (χ1n) is 8.90. The summed E-state index contributed by atoms with van der Waals surface area (Å²) in [6, 6.07) is 20.1. The maximum absolute atomic E-state index is 12.5. The van der Waals surface area contributed by atoms with Crippen LogP contribution in [0.3, 0.4) is 0 Å². The summed E-state index contributed by atoms with van der Waals surface area (Å²) in [6.45, 7) is 0.435. The van der Waals surface area contributed by atoms with Crippen LogP contribution in [0.25, 0.3) is 21.3 Å². The molecule has 0 bridgehead atoms. The second-order valence-electron chi connectivity index (χ2n) is 6.38. The van der Waals surface area contributed by atoms with E-state index in [9.17, 15) is 9.59 Å². The molecule has 0 saturated heterocycles. The number of hydroxylamine groups is 1. The highest BCUT2D eigenvalue weighted by Crippen LogP contribution is 2.26. The molecule has 0 saturated carbocycles. The van der Waals surface area contributed by atoms with E-state index < -0.39 is 5.91 Å². The van der Waals surface area contributed by atoms with Crippen LogP contribution in [0, 0.1) is 0 Å². The van der Waals surface area contributed by atoms with Crippen LogP contribution in [0.5, 0.6) is 0 Å². The zero-order valence-electron chi connectivity index (χ0n) is 15.3. The Labute approximate surface area is 170 Å². The van der Waals surface area contributed by atoms with E-state index in [2.05, 4.69) is 10.3 Å². The predicted molar refractivity (Wildman–Crippen MR) is 112 cm³/mol. The van der Waals surface area contributed by atoms with Gasteiger partial charge in [0.1, 0.15) is 0 Å². The van der Waals surface area contributed by atoms with Gasteiger partial charge in [0, 0.05) is 22.2 Å². The van der Waals surface area contributed by atoms with Crippen LogP contribution < -0.4 is 10.8 Å². The van der Waals surface area contributed by atoms with Gasteiger partial charge in [-0.15, -0.1) is 11.3 Å². The maximum atomic E-state index is 12.5. The van der Waals surface area contributed by atoms with Gasteiger partial charge in [0.25, 0.3) is 11.8 Å². The first kappa shape index (κ1) is 18.8. The van der Waals surface area contributed by atoms with E-state index in [0.29, 0.717) is 17.7 Å². The van der Waals surface area contributed by atoms with E-state index in [0.717, 1.165) is 26.2 Å². The maximum Gasteiger partial charge on any atom is 0.274 e. The third-order valence-corrected chi connectivity index (χ3v) is 5.58. The molecule has 2 aromatic heterocycles. The number of thiophene rings is 1. The Bertz CT molecular complexity index is 1190. The molecular weight excluding hydrogens is 386 g/mol. The van der Waals surface area contributed by atoms with Gasteiger partial charge in [-0.05, 0) is 59.3 Å². The van der Waals surface area contributed by atoms with Crippen LogP contribution in [0.2, 0.25) is 0 Å². The van der Waals surface area contributed by atoms with Gasteiger partial charge in [-0.1, -0.05) is 18.2 Å². The van der Waals surface area contributed by atoms with E-state index in [-0.39, 0.29) is 5.91 Å². The largest absolute Gasteiger partial charge is 0.347 e. The first-order chi connectivity index (χ1) is 14.1. The first-order valence-corrected chi connectivity index (χ1v) is 9.72. The summed E-state index contributed by atoms with van der Waals surface area (Å²) >= 11 is 1.60. The van der Waals surface area contributed by atoms with Crippen molar-refractivity contribution in [2.24, 2.45) is 0 Å². The lowest BCUT2D eigenvalue weighted by atomic mass is 10.0. The Morgan fingerprint density at radius 3 is 2.28 bits per heavy atom. The molecule has 0 unspecified atom stereocenters. The normalized spacial score (nSPS) is 10.7. The van der Waals surface area contributed by atoms with Gasteiger partial charge in [0.15, 0.2) is 0 Å². The van der Waals surface area contributed by atoms with Gasteiger partial charge in [-0.25, -0.2) is 5.48 Å². The lowest BCUT2D eigenvalue weighted by molar-refractivity contribution is 0.0706. The number of fused-ring (bicyclic) bond motifs is 1. The van der Waals surface area contributed by atoms with Gasteiger partial charge in [0.2, 0.25) is 0 Å². The Kier molecular flexibility index (Phi) is 5.33. The number of pyridine rings is 1. The molecule has 3 N–H and O–H groups in total.